The van der Waals surface area contributed by atoms with Crippen LogP contribution in [0.2, 0.25) is 0 Å². The summed E-state index contributed by atoms with van der Waals surface area (Å²) in [6.07, 6.45) is 1.74. The molecule has 0 spiro atoms. The van der Waals surface area contributed by atoms with Gasteiger partial charge in [0.05, 0.1) is 0 Å². The van der Waals surface area contributed by atoms with Crippen LogP contribution >= 0.6 is 0 Å². The van der Waals surface area contributed by atoms with Gasteiger partial charge in [-0.2, -0.15) is 0 Å². The van der Waals surface area contributed by atoms with Crippen molar-refractivity contribution in [2.75, 3.05) is 0 Å². The van der Waals surface area contributed by atoms with Crippen LogP contribution < -0.4 is 0 Å². The highest BCUT2D eigenvalue weighted by Crippen LogP contribution is 2.05. The van der Waals surface area contributed by atoms with E-state index in [1.54, 1.807) is 13.0 Å². The minimum atomic E-state index is -0.675. The molecule has 0 aliphatic carbocycles. The molecule has 0 saturated carbocycles. The summed E-state index contributed by atoms with van der Waals surface area (Å²) in [5.74, 6) is -1.03. The smallest absolute Gasteiger partial charge is 0.341 e. The Morgan fingerprint density at radius 1 is 1.21 bits per heavy atom. The first-order valence-corrected chi connectivity index (χ1v) is 4.45. The minimum Gasteiger partial charge on any atom is -0.386 e. The molecule has 0 bridgehead atoms. The molecule has 78 valence electrons. The second kappa shape index (κ2) is 5.37. The highest BCUT2D eigenvalue weighted by molar-refractivity contribution is 6.00. The fourth-order valence-electron chi connectivity index (χ4n) is 0.820. The van der Waals surface area contributed by atoms with Gasteiger partial charge in [0.25, 0.3) is 0 Å². The maximum atomic E-state index is 11.2. The van der Waals surface area contributed by atoms with Gasteiger partial charge in [0.2, 0.25) is 0 Å². The summed E-state index contributed by atoms with van der Waals surface area (Å²) in [5.41, 5.74) is 0.658. The van der Waals surface area contributed by atoms with Crippen LogP contribution in [0.1, 0.15) is 27.7 Å². The lowest BCUT2D eigenvalue weighted by Crippen LogP contribution is -2.13. The van der Waals surface area contributed by atoms with Crippen molar-refractivity contribution < 1.29 is 14.3 Å². The first kappa shape index (κ1) is 12.6. The van der Waals surface area contributed by atoms with E-state index in [0.717, 1.165) is 0 Å². The van der Waals surface area contributed by atoms with Crippen LogP contribution in [0.5, 0.6) is 0 Å². The average Bonchev–Trinajstić information content (AvgIpc) is 2.02. The lowest BCUT2D eigenvalue weighted by atomic mass is 10.1. The summed E-state index contributed by atoms with van der Waals surface area (Å²) in [4.78, 5) is 22.2. The third-order valence-electron chi connectivity index (χ3n) is 1.44. The van der Waals surface area contributed by atoms with Gasteiger partial charge in [0, 0.05) is 11.1 Å². The van der Waals surface area contributed by atoms with Crippen LogP contribution in [0.25, 0.3) is 0 Å². The lowest BCUT2D eigenvalue weighted by Gasteiger charge is -2.03. The number of ether oxygens (including phenoxy) is 1. The molecule has 0 aliphatic rings. The second-order valence-electron chi connectivity index (χ2n) is 3.55. The van der Waals surface area contributed by atoms with Crippen LogP contribution in [-0.4, -0.2) is 11.9 Å². The summed E-state index contributed by atoms with van der Waals surface area (Å²) < 4.78 is 4.53. The number of esters is 2. The van der Waals surface area contributed by atoms with Gasteiger partial charge in [-0.25, -0.2) is 9.59 Å². The van der Waals surface area contributed by atoms with Gasteiger partial charge in [-0.05, 0) is 19.8 Å². The van der Waals surface area contributed by atoms with Gasteiger partial charge in [0.1, 0.15) is 0 Å². The van der Waals surface area contributed by atoms with E-state index in [1.165, 1.54) is 6.92 Å². The van der Waals surface area contributed by atoms with Gasteiger partial charge in [-0.1, -0.05) is 26.5 Å². The number of rotatable bonds is 3. The fourth-order valence-corrected chi connectivity index (χ4v) is 0.820. The largest absolute Gasteiger partial charge is 0.386 e. The first-order chi connectivity index (χ1) is 6.34. The zero-order valence-electron chi connectivity index (χ0n) is 9.09. The molecule has 0 fully saturated rings. The number of hydrogen-bond donors (Lipinski definition) is 0. The van der Waals surface area contributed by atoms with Crippen molar-refractivity contribution in [3.8, 4) is 0 Å². The molecular weight excluding hydrogens is 180 g/mol. The van der Waals surface area contributed by atoms with Crippen molar-refractivity contribution in [2.45, 2.75) is 27.7 Å². The van der Waals surface area contributed by atoms with Crippen molar-refractivity contribution in [1.82, 2.24) is 0 Å². The van der Waals surface area contributed by atoms with Crippen LogP contribution in [0.15, 0.2) is 23.8 Å². The molecule has 0 heterocycles. The van der Waals surface area contributed by atoms with E-state index in [0.29, 0.717) is 5.57 Å². The highest BCUT2D eigenvalue weighted by Gasteiger charge is 2.12. The van der Waals surface area contributed by atoms with Gasteiger partial charge in [-0.15, -0.1) is 0 Å². The molecule has 0 rings (SSSR count). The molecule has 0 unspecified atom stereocenters. The number of carbonyl (C=O) groups excluding carboxylic acids is 2. The van der Waals surface area contributed by atoms with Gasteiger partial charge in [-0.3, -0.25) is 0 Å². The van der Waals surface area contributed by atoms with Crippen LogP contribution in [-0.2, 0) is 14.3 Å². The van der Waals surface area contributed by atoms with E-state index >= 15 is 0 Å². The fraction of sp³-hybridized carbons (Fsp3) is 0.455. The molecule has 0 atom stereocenters. The third-order valence-corrected chi connectivity index (χ3v) is 1.44. The predicted molar refractivity (Wildman–Crippen MR) is 54.5 cm³/mol. The molecule has 3 nitrogen and oxygen atoms in total. The van der Waals surface area contributed by atoms with Crippen LogP contribution in [0.3, 0.4) is 0 Å². The molecule has 0 saturated heterocycles. The Labute approximate surface area is 84.4 Å². The Morgan fingerprint density at radius 2 is 1.71 bits per heavy atom. The van der Waals surface area contributed by atoms with Gasteiger partial charge in [0.15, 0.2) is 0 Å². The molecule has 3 heteroatoms. The molecule has 0 radical (unpaired) electrons. The summed E-state index contributed by atoms with van der Waals surface area (Å²) in [6.45, 7) is 10.4. The predicted octanol–water partition coefficient (Wildman–Crippen LogP) is 2.23. The topological polar surface area (TPSA) is 43.4 Å². The monoisotopic (exact) mass is 196 g/mol. The minimum absolute atomic E-state index is 0.218. The van der Waals surface area contributed by atoms with Crippen molar-refractivity contribution in [1.29, 1.82) is 0 Å². The Kier molecular flexibility index (Phi) is 4.84. The van der Waals surface area contributed by atoms with Gasteiger partial charge >= 0.3 is 11.9 Å². The van der Waals surface area contributed by atoms with Crippen molar-refractivity contribution in [2.24, 2.45) is 5.92 Å². The number of hydrogen-bond acceptors (Lipinski definition) is 3. The molecule has 0 aromatic carbocycles. The summed E-state index contributed by atoms with van der Waals surface area (Å²) >= 11 is 0. The van der Waals surface area contributed by atoms with Crippen molar-refractivity contribution in [3.63, 3.8) is 0 Å². The third kappa shape index (κ3) is 4.60. The SMILES string of the molecule is C=C(C)C(=O)OC(=O)C(C)=CC(C)C. The normalized spacial score (nSPS) is 11.4. The molecule has 0 amide bonds. The Bertz CT molecular complexity index is 285. The highest BCUT2D eigenvalue weighted by atomic mass is 16.6. The molecule has 0 aromatic rings. The molecule has 0 aromatic heterocycles. The summed E-state index contributed by atoms with van der Waals surface area (Å²) in [6, 6.07) is 0. The maximum absolute atomic E-state index is 11.2. The molecule has 14 heavy (non-hydrogen) atoms. The maximum Gasteiger partial charge on any atom is 0.341 e. The zero-order chi connectivity index (χ0) is 11.3. The molecule has 0 N–H and O–H groups in total. The molecular formula is C11H16O3. The van der Waals surface area contributed by atoms with Gasteiger partial charge < -0.3 is 4.74 Å². The standard InChI is InChI=1S/C11H16O3/c1-7(2)6-9(5)11(13)14-10(12)8(3)4/h6-7H,3H2,1-2,4-5H3. The Morgan fingerprint density at radius 3 is 2.07 bits per heavy atom. The lowest BCUT2D eigenvalue weighted by molar-refractivity contribution is -0.153. The van der Waals surface area contributed by atoms with Crippen LogP contribution in [0, 0.1) is 5.92 Å². The van der Waals surface area contributed by atoms with E-state index < -0.39 is 11.9 Å². The van der Waals surface area contributed by atoms with Crippen molar-refractivity contribution >= 4 is 11.9 Å². The second-order valence-corrected chi connectivity index (χ2v) is 3.55. The molecule has 0 aliphatic heterocycles. The Hall–Kier alpha value is -1.38. The van der Waals surface area contributed by atoms with E-state index in [9.17, 15) is 9.59 Å². The zero-order valence-corrected chi connectivity index (χ0v) is 9.09. The average molecular weight is 196 g/mol. The first-order valence-electron chi connectivity index (χ1n) is 4.45. The van der Waals surface area contributed by atoms with Crippen molar-refractivity contribution in [3.05, 3.63) is 23.8 Å². The van der Waals surface area contributed by atoms with E-state index in [1.807, 2.05) is 13.8 Å². The summed E-state index contributed by atoms with van der Waals surface area (Å²) in [5, 5.41) is 0. The van der Waals surface area contributed by atoms with E-state index in [4.69, 9.17) is 0 Å². The Balaban J connectivity index is 4.36. The number of allylic oxidation sites excluding steroid dienone is 1. The van der Waals surface area contributed by atoms with E-state index in [-0.39, 0.29) is 11.5 Å². The number of carbonyl (C=O) groups is 2. The quantitative estimate of drug-likeness (QED) is 0.395. The van der Waals surface area contributed by atoms with Crippen LogP contribution in [0.4, 0.5) is 0 Å². The summed E-state index contributed by atoms with van der Waals surface area (Å²) in [7, 11) is 0. The van der Waals surface area contributed by atoms with E-state index in [2.05, 4.69) is 11.3 Å².